The number of hydrogen-bond acceptors (Lipinski definition) is 5. The molecule has 0 radical (unpaired) electrons. The largest absolute Gasteiger partial charge is 0.481 e. The smallest absolute Gasteiger partial charge is 0.303 e. The van der Waals surface area contributed by atoms with Crippen LogP contribution in [0.2, 0.25) is 0 Å². The molecule has 0 saturated heterocycles. The predicted molar refractivity (Wildman–Crippen MR) is 169 cm³/mol. The Morgan fingerprint density at radius 2 is 1.58 bits per heavy atom. The number of hydrogen-bond donors (Lipinski definition) is 1. The molecule has 2 heterocycles. The maximum Gasteiger partial charge on any atom is 0.303 e. The summed E-state index contributed by atoms with van der Waals surface area (Å²) in [6.07, 6.45) is 10.0. The van der Waals surface area contributed by atoms with Gasteiger partial charge in [-0.2, -0.15) is 0 Å². The van der Waals surface area contributed by atoms with Gasteiger partial charge < -0.3 is 9.84 Å². The van der Waals surface area contributed by atoms with Gasteiger partial charge in [-0.25, -0.2) is 23.1 Å². The summed E-state index contributed by atoms with van der Waals surface area (Å²) in [5, 5.41) is 10.6. The minimum Gasteiger partial charge on any atom is -0.481 e. The molecule has 2 aromatic heterocycles. The van der Waals surface area contributed by atoms with Crippen molar-refractivity contribution in [1.29, 1.82) is 0 Å². The van der Waals surface area contributed by atoms with Crippen LogP contribution < -0.4 is 4.74 Å². The average molecular weight is 633 g/mol. The normalized spacial score (nSPS) is 15.7. The summed E-state index contributed by atoms with van der Waals surface area (Å²) >= 11 is 1.69. The Bertz CT molecular complexity index is 1650. The van der Waals surface area contributed by atoms with E-state index in [0.717, 1.165) is 36.3 Å². The fourth-order valence-corrected chi connectivity index (χ4v) is 7.21. The highest BCUT2D eigenvalue weighted by molar-refractivity contribution is 8.00. The number of benzene rings is 2. The maximum absolute atomic E-state index is 16.0. The average Bonchev–Trinajstić information content (AvgIpc) is 2.97. The third kappa shape index (κ3) is 7.19. The fraction of sp³-hybridized carbons (Fsp3) is 0.361. The Morgan fingerprint density at radius 3 is 2.22 bits per heavy atom. The molecule has 0 aliphatic heterocycles. The van der Waals surface area contributed by atoms with E-state index in [2.05, 4.69) is 9.97 Å². The van der Waals surface area contributed by atoms with Crippen LogP contribution in [0.25, 0.3) is 22.3 Å². The molecular weight excluding hydrogens is 597 g/mol. The lowest BCUT2D eigenvalue weighted by atomic mass is 9.84. The summed E-state index contributed by atoms with van der Waals surface area (Å²) in [5.74, 6) is -3.59. The van der Waals surface area contributed by atoms with E-state index >= 15 is 13.2 Å². The summed E-state index contributed by atoms with van der Waals surface area (Å²) in [6.45, 7) is 0.494. The van der Waals surface area contributed by atoms with Crippen LogP contribution in [-0.4, -0.2) is 32.9 Å². The van der Waals surface area contributed by atoms with Crippen molar-refractivity contribution in [2.45, 2.75) is 74.0 Å². The van der Waals surface area contributed by atoms with E-state index in [0.29, 0.717) is 34.8 Å². The summed E-state index contributed by atoms with van der Waals surface area (Å²) in [6, 6.07) is 14.2. The lowest BCUT2D eigenvalue weighted by molar-refractivity contribution is -0.137. The quantitative estimate of drug-likeness (QED) is 0.158. The minimum atomic E-state index is -1.03. The molecule has 45 heavy (non-hydrogen) atoms. The zero-order valence-corrected chi connectivity index (χ0v) is 25.7. The molecule has 5 nitrogen and oxygen atoms in total. The van der Waals surface area contributed by atoms with Gasteiger partial charge in [-0.1, -0.05) is 31.0 Å². The van der Waals surface area contributed by atoms with Gasteiger partial charge in [-0.3, -0.25) is 4.79 Å². The Kier molecular flexibility index (Phi) is 9.73. The third-order valence-electron chi connectivity index (χ3n) is 8.86. The number of thioether (sulfide) groups is 1. The number of rotatable bonds is 13. The molecule has 2 aliphatic rings. The Balaban J connectivity index is 1.33. The van der Waals surface area contributed by atoms with Crippen molar-refractivity contribution < 1.29 is 27.8 Å². The third-order valence-corrected chi connectivity index (χ3v) is 10.2. The topological polar surface area (TPSA) is 72.3 Å². The van der Waals surface area contributed by atoms with Crippen molar-refractivity contribution in [2.24, 2.45) is 5.92 Å². The van der Waals surface area contributed by atoms with E-state index in [1.807, 2.05) is 6.07 Å². The van der Waals surface area contributed by atoms with Crippen LogP contribution in [-0.2, 0) is 4.79 Å². The van der Waals surface area contributed by atoms with Crippen LogP contribution >= 0.6 is 11.8 Å². The molecule has 2 fully saturated rings. The molecule has 0 spiro atoms. The van der Waals surface area contributed by atoms with E-state index in [-0.39, 0.29) is 36.0 Å². The van der Waals surface area contributed by atoms with Crippen molar-refractivity contribution in [3.63, 3.8) is 0 Å². The van der Waals surface area contributed by atoms with Crippen LogP contribution in [0, 0.1) is 23.4 Å². The lowest BCUT2D eigenvalue weighted by Gasteiger charge is -2.25. The first kappa shape index (κ1) is 31.1. The molecule has 2 aliphatic carbocycles. The first-order chi connectivity index (χ1) is 21.9. The number of pyridine rings is 2. The number of halogens is 3. The zero-order chi connectivity index (χ0) is 31.3. The number of nitrogens with zero attached hydrogens (tertiary/aromatic N) is 2. The van der Waals surface area contributed by atoms with Crippen LogP contribution in [0.1, 0.15) is 74.8 Å². The fourth-order valence-electron chi connectivity index (χ4n) is 5.90. The maximum atomic E-state index is 16.0. The first-order valence-electron chi connectivity index (χ1n) is 15.6. The predicted octanol–water partition coefficient (Wildman–Crippen LogP) is 9.44. The molecule has 1 N–H and O–H groups in total. The van der Waals surface area contributed by atoms with Gasteiger partial charge in [0.25, 0.3) is 0 Å². The molecule has 2 saturated carbocycles. The van der Waals surface area contributed by atoms with Gasteiger partial charge in [0, 0.05) is 46.7 Å². The molecule has 0 amide bonds. The van der Waals surface area contributed by atoms with Gasteiger partial charge in [0.15, 0.2) is 0 Å². The highest BCUT2D eigenvalue weighted by Crippen LogP contribution is 2.42. The minimum absolute atomic E-state index is 0.0497. The summed E-state index contributed by atoms with van der Waals surface area (Å²) in [7, 11) is 0. The van der Waals surface area contributed by atoms with Crippen LogP contribution in [0.15, 0.2) is 72.0 Å². The SMILES string of the molecule is O=C(O)CCCC(c1ccc(-c2cccnc2SC2CCC2)cc1F)c1c(F)cc(-c2cccnc2OCC2CCC2)cc1F. The van der Waals surface area contributed by atoms with Crippen molar-refractivity contribution in [3.05, 3.63) is 95.6 Å². The van der Waals surface area contributed by atoms with Gasteiger partial charge in [0.05, 0.1) is 6.61 Å². The van der Waals surface area contributed by atoms with Gasteiger partial charge >= 0.3 is 5.97 Å². The van der Waals surface area contributed by atoms with Crippen molar-refractivity contribution in [2.75, 3.05) is 6.61 Å². The Morgan fingerprint density at radius 1 is 0.889 bits per heavy atom. The zero-order valence-electron chi connectivity index (χ0n) is 24.9. The second-order valence-corrected chi connectivity index (χ2v) is 13.2. The molecule has 9 heteroatoms. The standard InChI is InChI=1S/C36H35F3N2O3S/c37-30-18-23(27-12-5-17-41-36(27)45-25-8-2-9-25)14-15-28(30)29(10-3-13-33(42)43)34-31(38)19-24(20-32(34)39)26-11-4-16-40-35(26)44-21-22-6-1-7-22/h4-5,11-12,14-20,22,25,29H,1-3,6-10,13,21H2,(H,42,43). The molecular formula is C36H35F3N2O3S. The summed E-state index contributed by atoms with van der Waals surface area (Å²) in [5.41, 5.74) is 1.97. The first-order valence-corrected chi connectivity index (χ1v) is 16.5. The van der Waals surface area contributed by atoms with Crippen LogP contribution in [0.4, 0.5) is 13.2 Å². The Labute approximate surface area is 265 Å². The molecule has 6 rings (SSSR count). The van der Waals surface area contributed by atoms with Gasteiger partial charge in [-0.05, 0) is 97.5 Å². The molecule has 4 aromatic rings. The van der Waals surface area contributed by atoms with Crippen molar-refractivity contribution >= 4 is 17.7 Å². The second-order valence-electron chi connectivity index (χ2n) is 11.9. The highest BCUT2D eigenvalue weighted by atomic mass is 32.2. The number of carbonyl (C=O) groups is 1. The number of carboxylic acid groups (broad SMARTS) is 1. The van der Waals surface area contributed by atoms with Gasteiger partial charge in [-0.15, -0.1) is 11.8 Å². The summed E-state index contributed by atoms with van der Waals surface area (Å²) in [4.78, 5) is 20.1. The van der Waals surface area contributed by atoms with Crippen molar-refractivity contribution in [3.8, 4) is 28.1 Å². The molecule has 234 valence electrons. The van der Waals surface area contributed by atoms with E-state index < -0.39 is 29.3 Å². The molecule has 1 atom stereocenters. The van der Waals surface area contributed by atoms with Crippen molar-refractivity contribution in [1.82, 2.24) is 9.97 Å². The molecule has 0 bridgehead atoms. The van der Waals surface area contributed by atoms with E-state index in [4.69, 9.17) is 4.74 Å². The van der Waals surface area contributed by atoms with E-state index in [1.54, 1.807) is 54.5 Å². The number of aliphatic carboxylic acids is 1. The van der Waals surface area contributed by atoms with Crippen LogP contribution in [0.5, 0.6) is 5.88 Å². The number of aromatic nitrogens is 2. The highest BCUT2D eigenvalue weighted by Gasteiger charge is 2.28. The monoisotopic (exact) mass is 632 g/mol. The number of carboxylic acids is 1. The summed E-state index contributed by atoms with van der Waals surface area (Å²) < 4.78 is 53.8. The lowest BCUT2D eigenvalue weighted by Crippen LogP contribution is -2.19. The second kappa shape index (κ2) is 14.1. The Hall–Kier alpha value is -3.85. The van der Waals surface area contributed by atoms with E-state index in [9.17, 15) is 9.90 Å². The molecule has 1 unspecified atom stereocenters. The van der Waals surface area contributed by atoms with Gasteiger partial charge in [0.1, 0.15) is 22.5 Å². The van der Waals surface area contributed by atoms with Crippen LogP contribution in [0.3, 0.4) is 0 Å². The van der Waals surface area contributed by atoms with E-state index in [1.165, 1.54) is 31.0 Å². The number of ether oxygens (including phenoxy) is 1. The molecule has 2 aromatic carbocycles. The van der Waals surface area contributed by atoms with Gasteiger partial charge in [0.2, 0.25) is 5.88 Å².